The third-order valence-corrected chi connectivity index (χ3v) is 9.02. The molecule has 27 heavy (non-hydrogen) atoms. The number of nitrogens with zero attached hydrogens (tertiary/aromatic N) is 4. The van der Waals surface area contributed by atoms with Crippen molar-refractivity contribution in [1.29, 1.82) is 21.0 Å². The summed E-state index contributed by atoms with van der Waals surface area (Å²) in [7, 11) is 0. The van der Waals surface area contributed by atoms with Gasteiger partial charge in [-0.25, -0.2) is 0 Å². The predicted molar refractivity (Wildman–Crippen MR) is 99.4 cm³/mol. The van der Waals surface area contributed by atoms with Crippen LogP contribution in [0, 0.1) is 62.1 Å². The molecule has 2 bridgehead atoms. The summed E-state index contributed by atoms with van der Waals surface area (Å²) in [5.41, 5.74) is -3.51. The van der Waals surface area contributed by atoms with E-state index in [4.69, 9.17) is 4.74 Å². The van der Waals surface area contributed by atoms with E-state index in [9.17, 15) is 25.8 Å². The molecular formula is C19H14N4O2S2. The first-order valence-electron chi connectivity index (χ1n) is 8.21. The molecule has 8 heteroatoms. The molecule has 1 aromatic carbocycles. The molecule has 0 aliphatic carbocycles. The number of hydrogen-bond donors (Lipinski definition) is 0. The fourth-order valence-electron chi connectivity index (χ4n) is 3.88. The SMILES string of the molecule is CCOC(=O)[C@@H]1[C@H]2CS[C@@](c3ccccc3)(S2)C(C#N)(C#N)C1(C#N)C#N. The summed E-state index contributed by atoms with van der Waals surface area (Å²) in [6.07, 6.45) is 0. The van der Waals surface area contributed by atoms with Gasteiger partial charge in [-0.1, -0.05) is 30.3 Å². The van der Waals surface area contributed by atoms with E-state index in [-0.39, 0.29) is 6.61 Å². The number of thioether (sulfide) groups is 2. The number of carbonyl (C=O) groups is 1. The lowest BCUT2D eigenvalue weighted by Crippen LogP contribution is -2.60. The molecular weight excluding hydrogens is 380 g/mol. The number of nitriles is 4. The van der Waals surface area contributed by atoms with Crippen molar-refractivity contribution >= 4 is 29.5 Å². The number of fused-ring (bicyclic) bond motifs is 2. The Morgan fingerprint density at radius 2 is 1.78 bits per heavy atom. The van der Waals surface area contributed by atoms with E-state index in [1.54, 1.807) is 31.2 Å². The molecule has 0 spiro atoms. The molecule has 0 radical (unpaired) electrons. The first kappa shape index (κ1) is 19.1. The van der Waals surface area contributed by atoms with Crippen LogP contribution in [0.15, 0.2) is 30.3 Å². The predicted octanol–water partition coefficient (Wildman–Crippen LogP) is 2.95. The minimum Gasteiger partial charge on any atom is -0.466 e. The van der Waals surface area contributed by atoms with E-state index in [1.807, 2.05) is 30.3 Å². The molecule has 3 atom stereocenters. The molecule has 2 saturated heterocycles. The van der Waals surface area contributed by atoms with Crippen LogP contribution in [-0.2, 0) is 13.6 Å². The van der Waals surface area contributed by atoms with Gasteiger partial charge in [0.2, 0.25) is 5.41 Å². The van der Waals surface area contributed by atoms with Crippen LogP contribution in [0.2, 0.25) is 0 Å². The summed E-state index contributed by atoms with van der Waals surface area (Å²) in [6, 6.07) is 16.8. The maximum absolute atomic E-state index is 12.7. The van der Waals surface area contributed by atoms with Crippen LogP contribution in [0.1, 0.15) is 12.5 Å². The number of ether oxygens (including phenoxy) is 1. The van der Waals surface area contributed by atoms with Gasteiger partial charge in [-0.3, -0.25) is 4.79 Å². The fraction of sp³-hybridized carbons (Fsp3) is 0.421. The highest BCUT2D eigenvalue weighted by molar-refractivity contribution is 8.21. The Bertz CT molecular complexity index is 910. The number of carbonyl (C=O) groups excluding carboxylic acids is 1. The molecule has 3 rings (SSSR count). The van der Waals surface area contributed by atoms with Crippen molar-refractivity contribution in [3.63, 3.8) is 0 Å². The number of hydrogen-bond acceptors (Lipinski definition) is 8. The second-order valence-electron chi connectivity index (χ2n) is 6.18. The van der Waals surface area contributed by atoms with Crippen LogP contribution in [0.5, 0.6) is 0 Å². The standard InChI is InChI=1S/C19H14N4O2S2/c1-2-25-16(24)15-14-8-26-19(27-14,13-6-4-3-5-7-13)18(11-22,12-23)17(15,9-20)10-21/h3-7,14-15H,2,8H2,1H3/t14-,15+,19+/m1/s1. The van der Waals surface area contributed by atoms with Gasteiger partial charge < -0.3 is 4.74 Å². The number of esters is 1. The van der Waals surface area contributed by atoms with Gasteiger partial charge in [0.05, 0.1) is 30.9 Å². The van der Waals surface area contributed by atoms with Gasteiger partial charge in [-0.05, 0) is 12.5 Å². The van der Waals surface area contributed by atoms with Gasteiger partial charge >= 0.3 is 5.97 Å². The molecule has 2 aliphatic rings. The minimum atomic E-state index is -2.14. The highest BCUT2D eigenvalue weighted by Crippen LogP contribution is 2.75. The van der Waals surface area contributed by atoms with Crippen molar-refractivity contribution in [2.24, 2.45) is 16.7 Å². The zero-order valence-electron chi connectivity index (χ0n) is 14.4. The smallest absolute Gasteiger partial charge is 0.312 e. The molecule has 134 valence electrons. The van der Waals surface area contributed by atoms with Crippen LogP contribution in [0.3, 0.4) is 0 Å². The number of rotatable bonds is 3. The lowest BCUT2D eigenvalue weighted by Gasteiger charge is -2.50. The Balaban J connectivity index is 2.35. The molecule has 0 N–H and O–H groups in total. The third-order valence-electron chi connectivity index (χ3n) is 5.07. The second-order valence-corrected chi connectivity index (χ2v) is 9.13. The highest BCUT2D eigenvalue weighted by Gasteiger charge is 2.79. The zero-order valence-corrected chi connectivity index (χ0v) is 16.0. The van der Waals surface area contributed by atoms with Crippen molar-refractivity contribution in [1.82, 2.24) is 0 Å². The van der Waals surface area contributed by atoms with Crippen LogP contribution in [-0.4, -0.2) is 23.6 Å². The van der Waals surface area contributed by atoms with Gasteiger partial charge in [-0.2, -0.15) is 21.0 Å². The Morgan fingerprint density at radius 3 is 2.30 bits per heavy atom. The Morgan fingerprint density at radius 1 is 1.15 bits per heavy atom. The van der Waals surface area contributed by atoms with E-state index >= 15 is 0 Å². The van der Waals surface area contributed by atoms with E-state index in [0.29, 0.717) is 11.3 Å². The highest BCUT2D eigenvalue weighted by atomic mass is 32.2. The van der Waals surface area contributed by atoms with Gasteiger partial charge in [0.25, 0.3) is 0 Å². The van der Waals surface area contributed by atoms with Crippen LogP contribution in [0.4, 0.5) is 0 Å². The summed E-state index contributed by atoms with van der Waals surface area (Å²) >= 11 is 2.67. The third kappa shape index (κ3) is 2.21. The number of benzene rings is 1. The Hall–Kier alpha value is -2.65. The second kappa shape index (κ2) is 6.82. The van der Waals surface area contributed by atoms with E-state index in [2.05, 4.69) is 0 Å². The quantitative estimate of drug-likeness (QED) is 0.717. The van der Waals surface area contributed by atoms with E-state index < -0.39 is 32.0 Å². The van der Waals surface area contributed by atoms with Crippen molar-refractivity contribution in [2.75, 3.05) is 12.4 Å². The molecule has 0 saturated carbocycles. The first-order valence-corrected chi connectivity index (χ1v) is 10.1. The lowest BCUT2D eigenvalue weighted by molar-refractivity contribution is -0.152. The summed E-state index contributed by atoms with van der Waals surface area (Å²) in [5.74, 6) is -1.46. The minimum absolute atomic E-state index is 0.0860. The first-order chi connectivity index (χ1) is 13.0. The van der Waals surface area contributed by atoms with Crippen LogP contribution < -0.4 is 0 Å². The monoisotopic (exact) mass is 394 g/mol. The summed E-state index contributed by atoms with van der Waals surface area (Å²) in [4.78, 5) is 12.7. The van der Waals surface area contributed by atoms with Gasteiger partial charge in [0.15, 0.2) is 5.41 Å². The van der Waals surface area contributed by atoms with Crippen molar-refractivity contribution in [2.45, 2.75) is 16.3 Å². The normalized spacial score (nSPS) is 29.4. The molecule has 0 unspecified atom stereocenters. The fourth-order valence-corrected chi connectivity index (χ4v) is 8.14. The largest absolute Gasteiger partial charge is 0.466 e. The summed E-state index contributed by atoms with van der Waals surface area (Å²) < 4.78 is 3.99. The molecule has 2 aliphatic heterocycles. The van der Waals surface area contributed by atoms with E-state index in [0.717, 1.165) is 0 Å². The van der Waals surface area contributed by atoms with Gasteiger partial charge in [0, 0.05) is 11.0 Å². The van der Waals surface area contributed by atoms with E-state index in [1.165, 1.54) is 23.5 Å². The Kier molecular flexibility index (Phi) is 4.83. The van der Waals surface area contributed by atoms with Crippen LogP contribution in [0.25, 0.3) is 0 Å². The average molecular weight is 394 g/mol. The average Bonchev–Trinajstić information content (AvgIpc) is 3.11. The van der Waals surface area contributed by atoms with Crippen molar-refractivity contribution < 1.29 is 9.53 Å². The molecule has 6 nitrogen and oxygen atoms in total. The Labute approximate surface area is 165 Å². The topological polar surface area (TPSA) is 121 Å². The molecule has 0 aromatic heterocycles. The van der Waals surface area contributed by atoms with Gasteiger partial charge in [-0.15, -0.1) is 23.5 Å². The summed E-state index contributed by atoms with van der Waals surface area (Å²) in [5, 5.41) is 40.0. The molecule has 1 aromatic rings. The molecule has 2 heterocycles. The van der Waals surface area contributed by atoms with Crippen molar-refractivity contribution in [3.8, 4) is 24.3 Å². The van der Waals surface area contributed by atoms with Crippen LogP contribution >= 0.6 is 23.5 Å². The maximum atomic E-state index is 12.7. The molecule has 2 fully saturated rings. The lowest BCUT2D eigenvalue weighted by atomic mass is 9.56. The van der Waals surface area contributed by atoms with Gasteiger partial charge in [0.1, 0.15) is 10.00 Å². The van der Waals surface area contributed by atoms with Crippen molar-refractivity contribution in [3.05, 3.63) is 35.9 Å². The molecule has 0 amide bonds. The maximum Gasteiger partial charge on any atom is 0.312 e. The summed E-state index contributed by atoms with van der Waals surface area (Å²) in [6.45, 7) is 1.72. The zero-order chi connectivity index (χ0) is 19.7.